The smallest absolute Gasteiger partial charge is 0.230 e. The van der Waals surface area contributed by atoms with Gasteiger partial charge in [-0.3, -0.25) is 9.59 Å². The molecule has 1 aliphatic carbocycles. The largest absolute Gasteiger partial charge is 0.497 e. The first-order chi connectivity index (χ1) is 17.4. The van der Waals surface area contributed by atoms with Crippen LogP contribution in [-0.2, 0) is 48.2 Å². The van der Waals surface area contributed by atoms with E-state index in [9.17, 15) is 9.59 Å². The molecule has 1 atom stereocenters. The molecule has 5 rings (SSSR count). The first-order valence-corrected chi connectivity index (χ1v) is 13.7. The van der Waals surface area contributed by atoms with Gasteiger partial charge >= 0.3 is 0 Å². The minimum absolute atomic E-state index is 0.0848. The zero-order valence-corrected chi connectivity index (χ0v) is 22.6. The molecule has 9 heteroatoms. The fourth-order valence-corrected chi connectivity index (χ4v) is 6.42. The highest BCUT2D eigenvalue weighted by molar-refractivity contribution is 9.10. The summed E-state index contributed by atoms with van der Waals surface area (Å²) in [5.74, 6) is 0.751. The third-order valence-corrected chi connectivity index (χ3v) is 8.60. The number of aryl methyl sites for hydroxylation is 1. The van der Waals surface area contributed by atoms with E-state index in [1.54, 1.807) is 7.11 Å². The van der Waals surface area contributed by atoms with Crippen LogP contribution in [0.1, 0.15) is 39.2 Å². The maximum absolute atomic E-state index is 13.0. The van der Waals surface area contributed by atoms with Crippen LogP contribution in [0.25, 0.3) is 0 Å². The van der Waals surface area contributed by atoms with Crippen LogP contribution in [0.2, 0.25) is 0 Å². The number of halogens is 1. The lowest BCUT2D eigenvalue weighted by Gasteiger charge is -2.29. The van der Waals surface area contributed by atoms with E-state index >= 15 is 0 Å². The van der Waals surface area contributed by atoms with Gasteiger partial charge in [-0.25, -0.2) is 4.98 Å². The standard InChI is InChI=1S/C27H29BrN4O3S/c1-35-21-6-4-18(22(28)14-21)12-26(34)32-9-8-17-3-2-16(10-19(17)15-32)11-25(33)31-27-30-23-7-5-20(29)13-24(23)36-27/h2-4,6,10,14,20H,5,7-9,11-13,15,29H2,1H3,(H,30,31,33)/t20-/m0/s1. The van der Waals surface area contributed by atoms with Gasteiger partial charge in [0, 0.05) is 28.5 Å². The zero-order chi connectivity index (χ0) is 25.2. The maximum Gasteiger partial charge on any atom is 0.230 e. The highest BCUT2D eigenvalue weighted by Crippen LogP contribution is 2.30. The molecule has 2 amide bonds. The quantitative estimate of drug-likeness (QED) is 0.467. The lowest BCUT2D eigenvalue weighted by Crippen LogP contribution is -2.37. The Morgan fingerprint density at radius 3 is 2.86 bits per heavy atom. The van der Waals surface area contributed by atoms with Crippen molar-refractivity contribution in [2.75, 3.05) is 19.0 Å². The van der Waals surface area contributed by atoms with Crippen molar-refractivity contribution in [3.63, 3.8) is 0 Å². The zero-order valence-electron chi connectivity index (χ0n) is 20.2. The van der Waals surface area contributed by atoms with Crippen LogP contribution < -0.4 is 15.8 Å². The van der Waals surface area contributed by atoms with Crippen molar-refractivity contribution in [3.8, 4) is 5.75 Å². The van der Waals surface area contributed by atoms with Crippen LogP contribution in [-0.4, -0.2) is 41.4 Å². The Labute approximate surface area is 223 Å². The summed E-state index contributed by atoms with van der Waals surface area (Å²) in [7, 11) is 1.62. The average molecular weight is 570 g/mol. The molecule has 2 aromatic carbocycles. The number of amides is 2. The Balaban J connectivity index is 1.21. The summed E-state index contributed by atoms with van der Waals surface area (Å²) in [5.41, 5.74) is 11.3. The summed E-state index contributed by atoms with van der Waals surface area (Å²) < 4.78 is 6.11. The number of hydrogen-bond donors (Lipinski definition) is 2. The van der Waals surface area contributed by atoms with Crippen molar-refractivity contribution in [1.82, 2.24) is 9.88 Å². The van der Waals surface area contributed by atoms with E-state index in [0.29, 0.717) is 24.6 Å². The number of carbonyl (C=O) groups excluding carboxylic acids is 2. The van der Waals surface area contributed by atoms with E-state index in [1.165, 1.54) is 21.8 Å². The van der Waals surface area contributed by atoms with Gasteiger partial charge in [-0.2, -0.15) is 0 Å². The van der Waals surface area contributed by atoms with Crippen LogP contribution in [0.5, 0.6) is 5.75 Å². The summed E-state index contributed by atoms with van der Waals surface area (Å²) in [6, 6.07) is 12.0. The number of rotatable bonds is 6. The molecule has 0 unspecified atom stereocenters. The van der Waals surface area contributed by atoms with Crippen molar-refractivity contribution in [1.29, 1.82) is 0 Å². The number of aromatic nitrogens is 1. The number of methoxy groups -OCH3 is 1. The Kier molecular flexibility index (Phi) is 7.41. The predicted molar refractivity (Wildman–Crippen MR) is 144 cm³/mol. The predicted octanol–water partition coefficient (Wildman–Crippen LogP) is 4.04. The topological polar surface area (TPSA) is 97.5 Å². The highest BCUT2D eigenvalue weighted by atomic mass is 79.9. The van der Waals surface area contributed by atoms with E-state index in [4.69, 9.17) is 10.5 Å². The summed E-state index contributed by atoms with van der Waals surface area (Å²) >= 11 is 5.07. The number of thiazole rings is 1. The molecule has 7 nitrogen and oxygen atoms in total. The number of carbonyl (C=O) groups is 2. The molecule has 188 valence electrons. The molecule has 3 N–H and O–H groups in total. The van der Waals surface area contributed by atoms with Crippen molar-refractivity contribution in [3.05, 3.63) is 73.7 Å². The van der Waals surface area contributed by atoms with E-state index in [2.05, 4.69) is 38.4 Å². The van der Waals surface area contributed by atoms with Crippen LogP contribution in [0.15, 0.2) is 40.9 Å². The van der Waals surface area contributed by atoms with Gasteiger partial charge in [-0.15, -0.1) is 11.3 Å². The van der Waals surface area contributed by atoms with Crippen molar-refractivity contribution in [2.45, 2.75) is 51.1 Å². The number of hydrogen-bond acceptors (Lipinski definition) is 6. The third kappa shape index (κ3) is 5.63. The first kappa shape index (κ1) is 24.9. The number of benzene rings is 2. The maximum atomic E-state index is 13.0. The van der Waals surface area contributed by atoms with E-state index in [-0.39, 0.29) is 24.3 Å². The summed E-state index contributed by atoms with van der Waals surface area (Å²) in [6.07, 6.45) is 4.05. The van der Waals surface area contributed by atoms with Crippen LogP contribution >= 0.6 is 27.3 Å². The molecule has 0 fully saturated rings. The molecule has 2 aliphatic rings. The second-order valence-electron chi connectivity index (χ2n) is 9.42. The second kappa shape index (κ2) is 10.7. The molecular formula is C27H29BrN4O3S. The SMILES string of the molecule is COc1ccc(CC(=O)N2CCc3ccc(CC(=O)Nc4nc5c(s4)C[C@@H](N)CC5)cc3C2)c(Br)c1. The van der Waals surface area contributed by atoms with Crippen molar-refractivity contribution < 1.29 is 14.3 Å². The Morgan fingerprint density at radius 2 is 2.06 bits per heavy atom. The number of anilines is 1. The molecule has 0 radical (unpaired) electrons. The van der Waals surface area contributed by atoms with Gasteiger partial charge < -0.3 is 20.7 Å². The van der Waals surface area contributed by atoms with Crippen LogP contribution in [0.4, 0.5) is 5.13 Å². The summed E-state index contributed by atoms with van der Waals surface area (Å²) in [6.45, 7) is 1.24. The van der Waals surface area contributed by atoms with Gasteiger partial charge in [-0.05, 0) is 60.1 Å². The van der Waals surface area contributed by atoms with Gasteiger partial charge in [-0.1, -0.05) is 40.2 Å². The Morgan fingerprint density at radius 1 is 1.19 bits per heavy atom. The average Bonchev–Trinajstić information content (AvgIpc) is 3.25. The van der Waals surface area contributed by atoms with Gasteiger partial charge in [0.2, 0.25) is 11.8 Å². The fourth-order valence-electron chi connectivity index (χ4n) is 4.81. The fraction of sp³-hybridized carbons (Fsp3) is 0.370. The number of fused-ring (bicyclic) bond motifs is 2. The van der Waals surface area contributed by atoms with Gasteiger partial charge in [0.05, 0.1) is 25.6 Å². The monoisotopic (exact) mass is 568 g/mol. The minimum atomic E-state index is -0.0848. The van der Waals surface area contributed by atoms with Crippen molar-refractivity contribution in [2.24, 2.45) is 5.73 Å². The number of ether oxygens (including phenoxy) is 1. The highest BCUT2D eigenvalue weighted by Gasteiger charge is 2.23. The molecule has 3 aromatic rings. The van der Waals surface area contributed by atoms with Gasteiger partial charge in [0.1, 0.15) is 5.75 Å². The van der Waals surface area contributed by atoms with E-state index < -0.39 is 0 Å². The molecule has 0 spiro atoms. The number of nitrogens with one attached hydrogen (secondary N) is 1. The molecule has 0 bridgehead atoms. The summed E-state index contributed by atoms with van der Waals surface area (Å²) in [5, 5.41) is 3.61. The Bertz CT molecular complexity index is 1310. The Hall–Kier alpha value is -2.75. The molecular weight excluding hydrogens is 540 g/mol. The molecule has 2 heterocycles. The second-order valence-corrected chi connectivity index (χ2v) is 11.4. The van der Waals surface area contributed by atoms with Gasteiger partial charge in [0.15, 0.2) is 5.13 Å². The molecule has 0 saturated heterocycles. The molecule has 0 saturated carbocycles. The van der Waals surface area contributed by atoms with Crippen LogP contribution in [0, 0.1) is 0 Å². The van der Waals surface area contributed by atoms with Crippen LogP contribution in [0.3, 0.4) is 0 Å². The molecule has 36 heavy (non-hydrogen) atoms. The lowest BCUT2D eigenvalue weighted by molar-refractivity contribution is -0.131. The van der Waals surface area contributed by atoms with E-state index in [0.717, 1.165) is 58.3 Å². The normalized spacial score (nSPS) is 16.8. The summed E-state index contributed by atoms with van der Waals surface area (Å²) in [4.78, 5) is 33.5. The first-order valence-electron chi connectivity index (χ1n) is 12.1. The number of nitrogens with zero attached hydrogens (tertiary/aromatic N) is 2. The third-order valence-electron chi connectivity index (χ3n) is 6.83. The van der Waals surface area contributed by atoms with Gasteiger partial charge in [0.25, 0.3) is 0 Å². The molecule has 1 aromatic heterocycles. The minimum Gasteiger partial charge on any atom is -0.497 e. The number of nitrogens with two attached hydrogens (primary N) is 1. The molecule has 1 aliphatic heterocycles. The van der Waals surface area contributed by atoms with Crippen molar-refractivity contribution >= 4 is 44.2 Å². The van der Waals surface area contributed by atoms with E-state index in [1.807, 2.05) is 29.2 Å². The lowest BCUT2D eigenvalue weighted by atomic mass is 9.96.